The third-order valence-electron chi connectivity index (χ3n) is 2.80. The van der Waals surface area contributed by atoms with Gasteiger partial charge in [-0.05, 0) is 11.5 Å². The Kier molecular flexibility index (Phi) is 24.4. The second-order valence-electron chi connectivity index (χ2n) is 4.11. The van der Waals surface area contributed by atoms with Crippen LogP contribution in [0.2, 0.25) is 0 Å². The fraction of sp³-hybridized carbons (Fsp3) is 0.222. The minimum Gasteiger partial charge on any atom is -0.693 e. The molecule has 3 rings (SSSR count). The van der Waals surface area contributed by atoms with E-state index in [9.17, 15) is 4.79 Å². The van der Waals surface area contributed by atoms with Gasteiger partial charge in [-0.1, -0.05) is 56.8 Å². The molecule has 8 heteroatoms. The Balaban J connectivity index is -0.000000177. The van der Waals surface area contributed by atoms with Crippen LogP contribution < -0.4 is 0 Å². The summed E-state index contributed by atoms with van der Waals surface area (Å²) in [5, 5.41) is 18.4. The number of aliphatic hydroxyl groups is 1. The summed E-state index contributed by atoms with van der Waals surface area (Å²) in [5.74, 6) is -0.745. The van der Waals surface area contributed by atoms with Crippen LogP contribution in [-0.4, -0.2) is 28.3 Å². The summed E-state index contributed by atoms with van der Waals surface area (Å²) in [5.41, 5.74) is 1.06. The zero-order chi connectivity index (χ0) is 17.7. The SMILES string of the molecule is C.CCC(=O)O.CO.[Cl][Pt].[NH2-].[NH2-].c1ccc2c(c1)cnc1ccccc12. The number of aromatic nitrogens is 1. The van der Waals surface area contributed by atoms with Crippen molar-refractivity contribution in [2.75, 3.05) is 7.11 Å². The van der Waals surface area contributed by atoms with Crippen LogP contribution in [0.15, 0.2) is 54.7 Å². The number of carbonyl (C=O) groups is 1. The van der Waals surface area contributed by atoms with Gasteiger partial charge in [0, 0.05) is 30.5 Å². The van der Waals surface area contributed by atoms with E-state index < -0.39 is 5.97 Å². The third-order valence-corrected chi connectivity index (χ3v) is 2.80. The number of carboxylic acid groups (broad SMARTS) is 1. The molecule has 0 unspecified atom stereocenters. The van der Waals surface area contributed by atoms with E-state index in [-0.39, 0.29) is 26.1 Å². The molecule has 0 fully saturated rings. The molecular weight excluding hydrogens is 537 g/mol. The van der Waals surface area contributed by atoms with Crippen molar-refractivity contribution >= 4 is 37.1 Å². The first-order chi connectivity index (χ1) is 11.2. The molecule has 0 aliphatic rings. The van der Waals surface area contributed by atoms with Gasteiger partial charge in [0.2, 0.25) is 0 Å². The number of halogens is 1. The molecule has 26 heavy (non-hydrogen) atoms. The Labute approximate surface area is 170 Å². The van der Waals surface area contributed by atoms with E-state index in [1.807, 2.05) is 24.4 Å². The van der Waals surface area contributed by atoms with Crippen molar-refractivity contribution in [1.82, 2.24) is 4.98 Å². The van der Waals surface area contributed by atoms with Crippen molar-refractivity contribution < 1.29 is 33.8 Å². The maximum absolute atomic E-state index is 9.37. The summed E-state index contributed by atoms with van der Waals surface area (Å²) in [4.78, 5) is 13.8. The number of para-hydroxylation sites is 1. The van der Waals surface area contributed by atoms with Gasteiger partial charge in [0.05, 0.1) is 5.52 Å². The first-order valence-corrected chi connectivity index (χ1v) is 9.55. The molecule has 6 N–H and O–H groups in total. The van der Waals surface area contributed by atoms with E-state index in [0.29, 0.717) is 0 Å². The summed E-state index contributed by atoms with van der Waals surface area (Å²) >= 11 is 1.61. The zero-order valence-corrected chi connectivity index (χ0v) is 17.0. The van der Waals surface area contributed by atoms with Gasteiger partial charge in [-0.25, -0.2) is 0 Å². The number of rotatable bonds is 1. The van der Waals surface area contributed by atoms with E-state index in [1.54, 1.807) is 25.7 Å². The molecule has 0 radical (unpaired) electrons. The van der Waals surface area contributed by atoms with Crippen molar-refractivity contribution in [3.05, 3.63) is 67.0 Å². The van der Waals surface area contributed by atoms with Gasteiger partial charge < -0.3 is 22.5 Å². The first-order valence-electron chi connectivity index (χ1n) is 6.73. The number of aliphatic hydroxyl groups excluding tert-OH is 1. The van der Waals surface area contributed by atoms with Gasteiger partial charge >= 0.3 is 34.2 Å². The number of fused-ring (bicyclic) bond motifs is 3. The molecule has 0 aliphatic carbocycles. The molecule has 1 aromatic heterocycles. The van der Waals surface area contributed by atoms with Crippen molar-refractivity contribution in [2.45, 2.75) is 20.8 Å². The van der Waals surface area contributed by atoms with Crippen LogP contribution in [0.1, 0.15) is 20.8 Å². The standard InChI is InChI=1S/C13H9N.C3H6O2.CH4O.CH4.ClH.2H2N.Pt/c1-2-6-11-10(5-1)9-14-13-8-4-3-7-12(11)13;1-2-3(4)5;1-2;;;;;/h1-9H;2H2,1H3,(H,4,5);2H,1H3;1H4;1H;2*1H2;/q;;;;;2*-1;+1/p-1. The molecule has 0 amide bonds. The second kappa shape index (κ2) is 19.8. The van der Waals surface area contributed by atoms with E-state index in [2.05, 4.69) is 44.7 Å². The minimum absolute atomic E-state index is 0. The third kappa shape index (κ3) is 10.4. The van der Waals surface area contributed by atoms with Crippen molar-refractivity contribution in [3.8, 4) is 0 Å². The second-order valence-corrected chi connectivity index (χ2v) is 4.11. The normalized spacial score (nSPS) is 7.77. The maximum Gasteiger partial charge on any atom is 0.0708 e. The summed E-state index contributed by atoms with van der Waals surface area (Å²) in [7, 11) is 5.61. The van der Waals surface area contributed by atoms with Crippen molar-refractivity contribution in [3.63, 3.8) is 0 Å². The molecule has 3 aromatic rings. The molecule has 151 valence electrons. The van der Waals surface area contributed by atoms with Gasteiger partial charge in [0.15, 0.2) is 0 Å². The fourth-order valence-corrected chi connectivity index (χ4v) is 1.81. The van der Waals surface area contributed by atoms with E-state index in [4.69, 9.17) is 10.2 Å². The fourth-order valence-electron chi connectivity index (χ4n) is 1.81. The topological polar surface area (TPSA) is 137 Å². The summed E-state index contributed by atoms with van der Waals surface area (Å²) in [6.45, 7) is 1.60. The number of pyridine rings is 1. The average molecular weight is 564 g/mol. The Hall–Kier alpha value is -1.56. The predicted molar refractivity (Wildman–Crippen MR) is 108 cm³/mol. The number of aliphatic carboxylic acids is 1. The van der Waals surface area contributed by atoms with Crippen LogP contribution in [-0.2, 0) is 23.6 Å². The largest absolute Gasteiger partial charge is 0.693 e. The molecule has 0 bridgehead atoms. The number of nitrogens with zero attached hydrogens (tertiary/aromatic N) is 1. The number of carboxylic acids is 1. The van der Waals surface area contributed by atoms with Crippen LogP contribution in [0.25, 0.3) is 34.0 Å². The van der Waals surface area contributed by atoms with Crippen molar-refractivity contribution in [1.29, 1.82) is 0 Å². The molecule has 6 nitrogen and oxygen atoms in total. The van der Waals surface area contributed by atoms with Crippen LogP contribution in [0.4, 0.5) is 0 Å². The average Bonchev–Trinajstić information content (AvgIpc) is 2.65. The Morgan fingerprint density at radius 1 is 1.00 bits per heavy atom. The summed E-state index contributed by atoms with van der Waals surface area (Å²) in [6, 6.07) is 16.6. The Morgan fingerprint density at radius 3 is 1.92 bits per heavy atom. The van der Waals surface area contributed by atoms with E-state index in [0.717, 1.165) is 12.6 Å². The smallest absolute Gasteiger partial charge is 0.0708 e. The number of benzene rings is 2. The van der Waals surface area contributed by atoms with Crippen molar-refractivity contribution in [2.24, 2.45) is 0 Å². The number of hydrogen-bond donors (Lipinski definition) is 2. The zero-order valence-electron chi connectivity index (χ0n) is 14.0. The molecule has 0 atom stereocenters. The Bertz CT molecular complexity index is 675. The van der Waals surface area contributed by atoms with Gasteiger partial charge in [0.25, 0.3) is 0 Å². The maximum atomic E-state index is 9.37. The van der Waals surface area contributed by atoms with Crippen LogP contribution in [0.5, 0.6) is 0 Å². The molecule has 2 aromatic carbocycles. The van der Waals surface area contributed by atoms with Gasteiger partial charge in [-0.15, -0.1) is 0 Å². The number of hydrogen-bond acceptors (Lipinski definition) is 3. The number of nitrogens with two attached hydrogens (primary N) is 2. The first kappa shape index (κ1) is 32.1. The van der Waals surface area contributed by atoms with Crippen LogP contribution in [0, 0.1) is 0 Å². The quantitative estimate of drug-likeness (QED) is 0.339. The molecule has 1 heterocycles. The van der Waals surface area contributed by atoms with Crippen LogP contribution >= 0.6 is 9.42 Å². The molecule has 0 saturated heterocycles. The summed E-state index contributed by atoms with van der Waals surface area (Å²) in [6.07, 6.45) is 2.15. The van der Waals surface area contributed by atoms with Gasteiger partial charge in [-0.3, -0.25) is 9.78 Å². The molecular formula is C18H27ClN3O3Pt-2. The van der Waals surface area contributed by atoms with E-state index >= 15 is 0 Å². The minimum atomic E-state index is -0.745. The summed E-state index contributed by atoms with van der Waals surface area (Å²) < 4.78 is 0. The molecule has 0 spiro atoms. The predicted octanol–water partition coefficient (Wildman–Crippen LogP) is 6.23. The van der Waals surface area contributed by atoms with Gasteiger partial charge in [-0.2, -0.15) is 0 Å². The Morgan fingerprint density at radius 2 is 1.42 bits per heavy atom. The van der Waals surface area contributed by atoms with Gasteiger partial charge in [0.1, 0.15) is 0 Å². The van der Waals surface area contributed by atoms with E-state index in [1.165, 1.54) is 16.2 Å². The molecule has 0 aliphatic heterocycles. The monoisotopic (exact) mass is 563 g/mol. The van der Waals surface area contributed by atoms with Crippen LogP contribution in [0.3, 0.4) is 0 Å². The molecule has 0 saturated carbocycles.